The van der Waals surface area contributed by atoms with Crippen LogP contribution in [0.5, 0.6) is 0 Å². The average Bonchev–Trinajstić information content (AvgIpc) is 2.47. The first-order valence-corrected chi connectivity index (χ1v) is 6.88. The Morgan fingerprint density at radius 2 is 1.48 bits per heavy atom. The minimum atomic E-state index is -0.385. The van der Waals surface area contributed by atoms with Gasteiger partial charge in [-0.25, -0.2) is 11.6 Å². The molecule has 0 aliphatic rings. The van der Waals surface area contributed by atoms with E-state index in [9.17, 15) is 9.59 Å². The van der Waals surface area contributed by atoms with Crippen LogP contribution >= 0.6 is 46.4 Å². The Labute approximate surface area is 176 Å². The molecular formula is C12H10Cl4LiN5O3-2. The molecule has 25 heavy (non-hydrogen) atoms. The normalized spacial score (nSPS) is 8.36. The van der Waals surface area contributed by atoms with E-state index in [1.807, 2.05) is 0 Å². The zero-order chi connectivity index (χ0) is 16.7. The van der Waals surface area contributed by atoms with E-state index in [1.54, 1.807) is 0 Å². The maximum Gasteiger partial charge on any atom is 1.00 e. The number of nitrogens with zero attached hydrogens (tertiary/aromatic N) is 4. The van der Waals surface area contributed by atoms with Crippen LogP contribution in [-0.4, -0.2) is 45.1 Å². The first kappa shape index (κ1) is 28.8. The van der Waals surface area contributed by atoms with Gasteiger partial charge in [0, 0.05) is 13.3 Å². The number of halogens is 4. The molecule has 0 saturated carbocycles. The molecule has 8 nitrogen and oxygen atoms in total. The number of amides is 1. The number of aromatic nitrogens is 4. The maximum absolute atomic E-state index is 11.0. The Hall–Kier alpha value is -0.983. The van der Waals surface area contributed by atoms with Gasteiger partial charge < -0.3 is 23.0 Å². The number of carbonyl (C=O) groups excluding carboxylic acids is 2. The Kier molecular flexibility index (Phi) is 16.4. The third-order valence-electron chi connectivity index (χ3n) is 1.97. The molecule has 0 bridgehead atoms. The molecule has 0 fully saturated rings. The molecule has 0 unspecified atom stereocenters. The topological polar surface area (TPSA) is 128 Å². The number of rotatable bonds is 2. The van der Waals surface area contributed by atoms with Crippen molar-refractivity contribution in [1.82, 2.24) is 25.7 Å². The van der Waals surface area contributed by atoms with Crippen LogP contribution in [0.2, 0.25) is 20.4 Å². The van der Waals surface area contributed by atoms with Crippen LogP contribution in [0.15, 0.2) is 12.1 Å². The van der Waals surface area contributed by atoms with Gasteiger partial charge in [0.2, 0.25) is 0 Å². The van der Waals surface area contributed by atoms with Crippen molar-refractivity contribution in [2.24, 2.45) is 0 Å². The van der Waals surface area contributed by atoms with Gasteiger partial charge in [-0.15, -0.1) is 15.3 Å². The number of hydrogen-bond donors (Lipinski definition) is 1. The minimum Gasteiger partial charge on any atom is -0.870 e. The molecule has 132 valence electrons. The van der Waals surface area contributed by atoms with Gasteiger partial charge in [0.15, 0.2) is 10.8 Å². The van der Waals surface area contributed by atoms with Crippen molar-refractivity contribution in [3.63, 3.8) is 0 Å². The smallest absolute Gasteiger partial charge is 0.870 e. The second-order valence-electron chi connectivity index (χ2n) is 3.41. The van der Waals surface area contributed by atoms with Crippen LogP contribution in [0, 0.1) is 7.43 Å². The molecule has 1 amide bonds. The second kappa shape index (κ2) is 14.2. The molecule has 0 atom stereocenters. The summed E-state index contributed by atoms with van der Waals surface area (Å²) in [7, 11) is 1.48. The summed E-state index contributed by atoms with van der Waals surface area (Å²) >= 11 is 22.0. The van der Waals surface area contributed by atoms with Gasteiger partial charge in [-0.1, -0.05) is 45.9 Å². The summed E-state index contributed by atoms with van der Waals surface area (Å²) in [5, 5.41) is 16.8. The standard InChI is InChI=1S/C6H5Cl2N3O.C5HCl2N2O.CH3.Li.H2O/c1-9-6(12)5-3(7)2-4(8)10-11-5;6-3-1-5(7)9-8-4(3)2-10;;;/h2H,1H3,(H,9,12);1H;1H3;;1H2/q;2*-1;+1;/p-1. The third kappa shape index (κ3) is 9.33. The van der Waals surface area contributed by atoms with E-state index in [0.717, 1.165) is 0 Å². The molecular weight excluding hydrogens is 411 g/mol. The van der Waals surface area contributed by atoms with Crippen LogP contribution in [0.25, 0.3) is 0 Å². The van der Waals surface area contributed by atoms with Crippen molar-refractivity contribution < 1.29 is 33.9 Å². The van der Waals surface area contributed by atoms with Gasteiger partial charge in [-0.2, -0.15) is 5.10 Å². The van der Waals surface area contributed by atoms with Gasteiger partial charge in [0.05, 0.1) is 5.02 Å². The monoisotopic (exact) mass is 419 g/mol. The van der Waals surface area contributed by atoms with Crippen LogP contribution < -0.4 is 24.2 Å². The van der Waals surface area contributed by atoms with Crippen molar-refractivity contribution in [3.8, 4) is 0 Å². The summed E-state index contributed by atoms with van der Waals surface area (Å²) < 4.78 is 0. The van der Waals surface area contributed by atoms with E-state index in [1.165, 1.54) is 25.5 Å². The van der Waals surface area contributed by atoms with Crippen molar-refractivity contribution in [2.75, 3.05) is 7.05 Å². The zero-order valence-corrected chi connectivity index (χ0v) is 16.2. The molecule has 2 rings (SSSR count). The summed E-state index contributed by atoms with van der Waals surface area (Å²) in [6.07, 6.45) is 1.51. The molecule has 2 N–H and O–H groups in total. The molecule has 0 aliphatic carbocycles. The Morgan fingerprint density at radius 1 is 1.00 bits per heavy atom. The predicted octanol–water partition coefficient (Wildman–Crippen LogP) is -0.338. The summed E-state index contributed by atoms with van der Waals surface area (Å²) in [6.45, 7) is 0. The fourth-order valence-electron chi connectivity index (χ4n) is 1.04. The number of carbonyl (C=O) groups is 1. The van der Waals surface area contributed by atoms with Gasteiger partial charge in [-0.05, 0) is 11.8 Å². The van der Waals surface area contributed by atoms with Crippen molar-refractivity contribution in [1.29, 1.82) is 0 Å². The van der Waals surface area contributed by atoms with E-state index in [0.29, 0.717) is 0 Å². The first-order valence-electron chi connectivity index (χ1n) is 5.36. The van der Waals surface area contributed by atoms with Crippen molar-refractivity contribution in [3.05, 3.63) is 51.3 Å². The second-order valence-corrected chi connectivity index (χ2v) is 5.00. The fourth-order valence-corrected chi connectivity index (χ4v) is 1.85. The molecule has 2 aromatic rings. The summed E-state index contributed by atoms with van der Waals surface area (Å²) in [6, 6.07) is 2.69. The quantitative estimate of drug-likeness (QED) is 0.519. The van der Waals surface area contributed by atoms with Crippen LogP contribution in [0.4, 0.5) is 0 Å². The average molecular weight is 421 g/mol. The Bertz CT molecular complexity index is 708. The predicted molar refractivity (Wildman–Crippen MR) is 90.6 cm³/mol. The molecule has 2 aromatic heterocycles. The SMILES string of the molecule is CNC(=O)c1nnc(Cl)cc1Cl.O=[C-]c1nnc(Cl)cc1Cl.[CH3-].[Li+].[OH-]. The molecule has 2 heterocycles. The largest absolute Gasteiger partial charge is 1.00 e. The molecule has 0 spiro atoms. The van der Waals surface area contributed by atoms with Crippen molar-refractivity contribution >= 4 is 58.6 Å². The van der Waals surface area contributed by atoms with E-state index in [4.69, 9.17) is 46.4 Å². The zero-order valence-electron chi connectivity index (χ0n) is 13.2. The molecule has 0 aromatic carbocycles. The van der Waals surface area contributed by atoms with Crippen LogP contribution in [0.1, 0.15) is 16.2 Å². The van der Waals surface area contributed by atoms with Gasteiger partial charge in [-0.3, -0.25) is 4.79 Å². The summed E-state index contributed by atoms with van der Waals surface area (Å²) in [5.74, 6) is -0.385. The van der Waals surface area contributed by atoms with E-state index in [-0.39, 0.29) is 69.4 Å². The molecule has 0 aliphatic heterocycles. The molecule has 13 heteroatoms. The van der Waals surface area contributed by atoms with Gasteiger partial charge in [0.25, 0.3) is 5.91 Å². The van der Waals surface area contributed by atoms with Crippen LogP contribution in [0.3, 0.4) is 0 Å². The summed E-state index contributed by atoms with van der Waals surface area (Å²) in [4.78, 5) is 21.0. The molecule has 0 saturated heterocycles. The van der Waals surface area contributed by atoms with E-state index < -0.39 is 0 Å². The molecule has 0 radical (unpaired) electrons. The first-order chi connectivity index (χ1) is 10.4. The van der Waals surface area contributed by atoms with Gasteiger partial charge in [0.1, 0.15) is 5.15 Å². The van der Waals surface area contributed by atoms with Crippen LogP contribution in [-0.2, 0) is 4.79 Å². The third-order valence-corrected chi connectivity index (χ3v) is 2.92. The maximum atomic E-state index is 11.0. The Balaban J connectivity index is -0.000000350. The summed E-state index contributed by atoms with van der Waals surface area (Å²) in [5.41, 5.74) is 0.0506. The van der Waals surface area contributed by atoms with Gasteiger partial charge >= 0.3 is 18.9 Å². The fraction of sp³-hybridized carbons (Fsp3) is 0.0833. The number of nitrogens with one attached hydrogen (secondary N) is 1. The Morgan fingerprint density at radius 3 is 1.88 bits per heavy atom. The van der Waals surface area contributed by atoms with E-state index >= 15 is 0 Å². The minimum absolute atomic E-state index is 0. The van der Waals surface area contributed by atoms with E-state index in [2.05, 4.69) is 25.7 Å². The van der Waals surface area contributed by atoms with Crippen molar-refractivity contribution in [2.45, 2.75) is 0 Å². The number of hydrogen-bond acceptors (Lipinski definition) is 7.